The van der Waals surface area contributed by atoms with Crippen molar-refractivity contribution >= 4 is 35.6 Å². The van der Waals surface area contributed by atoms with E-state index in [1.807, 2.05) is 0 Å². The Labute approximate surface area is 244 Å². The molecule has 228 valence electrons. The number of carboxylic acid groups (broad SMARTS) is 1. The zero-order chi connectivity index (χ0) is 30.0. The number of carbonyl (C=O) groups is 4. The number of aliphatic carboxylic acids is 1. The fraction of sp³-hybridized carbons (Fsp3) is 0.562. The first-order chi connectivity index (χ1) is 19.9. The maximum Gasteiger partial charge on any atom is 0.328 e. The van der Waals surface area contributed by atoms with Gasteiger partial charge in [-0.25, -0.2) is 4.79 Å². The molecule has 0 atom stereocenters. The molecule has 0 unspecified atom stereocenters. The fourth-order valence-electron chi connectivity index (χ4n) is 4.31. The number of unbranched alkanes of at least 4 members (excludes halogenated alkanes) is 15. The van der Waals surface area contributed by atoms with Gasteiger partial charge in [-0.05, 0) is 12.5 Å². The third kappa shape index (κ3) is 20.9. The number of hydrogen-bond acceptors (Lipinski definition) is 6. The highest BCUT2D eigenvalue weighted by molar-refractivity contribution is 6.03. The summed E-state index contributed by atoms with van der Waals surface area (Å²) in [5.74, 6) is -1.99. The molecule has 0 aliphatic rings. The van der Waals surface area contributed by atoms with Crippen LogP contribution in [0.5, 0.6) is 5.75 Å². The van der Waals surface area contributed by atoms with Crippen molar-refractivity contribution in [3.63, 3.8) is 0 Å². The predicted octanol–water partition coefficient (Wildman–Crippen LogP) is 7.53. The van der Waals surface area contributed by atoms with Gasteiger partial charge in [0.25, 0.3) is 12.4 Å². The summed E-state index contributed by atoms with van der Waals surface area (Å²) in [6, 6.07) is 4.71. The lowest BCUT2D eigenvalue weighted by Gasteiger charge is -2.12. The van der Waals surface area contributed by atoms with Gasteiger partial charge < -0.3 is 25.2 Å². The van der Waals surface area contributed by atoms with Crippen LogP contribution in [0.25, 0.3) is 0 Å². The van der Waals surface area contributed by atoms with Gasteiger partial charge in [-0.15, -0.1) is 0 Å². The number of carbonyl (C=O) groups excluding carboxylic acids is 3. The average Bonchev–Trinajstić information content (AvgIpc) is 2.93. The molecular formula is C32H48N2O7. The molecule has 3 N–H and O–H groups in total. The van der Waals surface area contributed by atoms with E-state index in [0.717, 1.165) is 43.8 Å². The third-order valence-electron chi connectivity index (χ3n) is 6.44. The Morgan fingerprint density at radius 1 is 0.683 bits per heavy atom. The molecule has 0 saturated carbocycles. The van der Waals surface area contributed by atoms with Crippen LogP contribution in [0, 0.1) is 0 Å². The average molecular weight is 573 g/mol. The smallest absolute Gasteiger partial charge is 0.328 e. The van der Waals surface area contributed by atoms with Crippen LogP contribution < -0.4 is 15.4 Å². The molecule has 0 aliphatic carbocycles. The lowest BCUT2D eigenvalue weighted by Crippen LogP contribution is -2.11. The predicted molar refractivity (Wildman–Crippen MR) is 162 cm³/mol. The summed E-state index contributed by atoms with van der Waals surface area (Å²) in [4.78, 5) is 44.9. The Hall–Kier alpha value is -3.62. The molecule has 0 radical (unpaired) electrons. The van der Waals surface area contributed by atoms with E-state index in [1.165, 1.54) is 89.5 Å². The van der Waals surface area contributed by atoms with Gasteiger partial charge in [-0.2, -0.15) is 0 Å². The molecule has 0 fully saturated rings. The molecule has 1 aromatic rings. The van der Waals surface area contributed by atoms with E-state index in [1.54, 1.807) is 12.1 Å². The fourth-order valence-corrected chi connectivity index (χ4v) is 4.31. The zero-order valence-electron chi connectivity index (χ0n) is 24.5. The SMILES string of the molecule is CCCCCCCCCCCCCCCCCCOc1cc(NC(=O)C=COC=O)cc(NC(=O)/C=C\C(=O)O)c1. The molecule has 0 spiro atoms. The van der Waals surface area contributed by atoms with Crippen LogP contribution in [-0.2, 0) is 23.9 Å². The van der Waals surface area contributed by atoms with Gasteiger partial charge in [0.1, 0.15) is 5.75 Å². The molecule has 0 saturated heterocycles. The van der Waals surface area contributed by atoms with E-state index in [2.05, 4.69) is 22.3 Å². The van der Waals surface area contributed by atoms with Gasteiger partial charge in [-0.1, -0.05) is 103 Å². The molecule has 0 aromatic heterocycles. The minimum Gasteiger partial charge on any atom is -0.493 e. The van der Waals surface area contributed by atoms with Crippen molar-refractivity contribution in [2.45, 2.75) is 110 Å². The van der Waals surface area contributed by atoms with Crippen molar-refractivity contribution in [3.8, 4) is 5.75 Å². The number of benzene rings is 1. The molecule has 1 aromatic carbocycles. The molecule has 0 heterocycles. The maximum absolute atomic E-state index is 12.0. The maximum atomic E-state index is 12.0. The second-order valence-electron chi connectivity index (χ2n) is 10.1. The molecule has 9 nitrogen and oxygen atoms in total. The standard InChI is InChI=1S/C32H48N2O7/c1-2-3-4-5-6-7-8-9-10-11-12-13-14-15-16-17-21-41-29-24-27(33-30(36)18-19-32(38)39)23-28(25-29)34-31(37)20-22-40-26-35/h18-20,22-26H,2-17,21H2,1H3,(H,33,36)(H,34,37)(H,38,39)/b19-18-,22-20?. The largest absolute Gasteiger partial charge is 0.493 e. The number of ether oxygens (including phenoxy) is 2. The Bertz CT molecular complexity index is 959. The Morgan fingerprint density at radius 2 is 1.15 bits per heavy atom. The van der Waals surface area contributed by atoms with Crippen molar-refractivity contribution in [2.24, 2.45) is 0 Å². The first kappa shape index (κ1) is 35.4. The lowest BCUT2D eigenvalue weighted by atomic mass is 10.0. The van der Waals surface area contributed by atoms with E-state index in [0.29, 0.717) is 23.7 Å². The quantitative estimate of drug-likeness (QED) is 0.0477. The van der Waals surface area contributed by atoms with Crippen molar-refractivity contribution < 1.29 is 33.8 Å². The molecule has 0 aliphatic heterocycles. The van der Waals surface area contributed by atoms with E-state index >= 15 is 0 Å². The first-order valence-corrected chi connectivity index (χ1v) is 15.0. The zero-order valence-corrected chi connectivity index (χ0v) is 24.5. The number of anilines is 2. The number of amides is 2. The normalized spacial score (nSPS) is 11.0. The van der Waals surface area contributed by atoms with Crippen molar-refractivity contribution in [3.05, 3.63) is 42.7 Å². The van der Waals surface area contributed by atoms with Crippen LogP contribution in [0.2, 0.25) is 0 Å². The first-order valence-electron chi connectivity index (χ1n) is 15.0. The summed E-state index contributed by atoms with van der Waals surface area (Å²) in [6.45, 7) is 2.93. The van der Waals surface area contributed by atoms with E-state index in [9.17, 15) is 19.2 Å². The highest BCUT2D eigenvalue weighted by Gasteiger charge is 2.07. The summed E-state index contributed by atoms with van der Waals surface area (Å²) in [5, 5.41) is 13.9. The Kier molecular flexibility index (Phi) is 20.9. The second-order valence-corrected chi connectivity index (χ2v) is 10.1. The minimum atomic E-state index is -1.24. The molecule has 41 heavy (non-hydrogen) atoms. The second kappa shape index (κ2) is 24.2. The van der Waals surface area contributed by atoms with Gasteiger partial charge in [-0.3, -0.25) is 14.4 Å². The number of rotatable bonds is 25. The molecular weight excluding hydrogens is 524 g/mol. The summed E-state index contributed by atoms with van der Waals surface area (Å²) in [6.07, 6.45) is 24.2. The molecule has 9 heteroatoms. The molecule has 2 amide bonds. The van der Waals surface area contributed by atoms with E-state index in [-0.39, 0.29) is 6.47 Å². The summed E-state index contributed by atoms with van der Waals surface area (Å²) >= 11 is 0. The van der Waals surface area contributed by atoms with Crippen LogP contribution in [0.3, 0.4) is 0 Å². The summed E-state index contributed by atoms with van der Waals surface area (Å²) < 4.78 is 10.2. The van der Waals surface area contributed by atoms with Crippen molar-refractivity contribution in [1.82, 2.24) is 0 Å². The van der Waals surface area contributed by atoms with Gasteiger partial charge >= 0.3 is 5.97 Å². The highest BCUT2D eigenvalue weighted by atomic mass is 16.5. The molecule has 0 bridgehead atoms. The van der Waals surface area contributed by atoms with Gasteiger partial charge in [0.15, 0.2) is 0 Å². The third-order valence-corrected chi connectivity index (χ3v) is 6.44. The number of hydrogen-bond donors (Lipinski definition) is 3. The van der Waals surface area contributed by atoms with Gasteiger partial charge in [0, 0.05) is 41.7 Å². The number of nitrogens with one attached hydrogen (secondary N) is 2. The lowest BCUT2D eigenvalue weighted by molar-refractivity contribution is -0.131. The van der Waals surface area contributed by atoms with Crippen molar-refractivity contribution in [1.29, 1.82) is 0 Å². The van der Waals surface area contributed by atoms with Gasteiger partial charge in [0.2, 0.25) is 5.91 Å². The molecule has 1 rings (SSSR count). The minimum absolute atomic E-state index is 0.190. The van der Waals surface area contributed by atoms with E-state index < -0.39 is 17.8 Å². The van der Waals surface area contributed by atoms with E-state index in [4.69, 9.17) is 9.84 Å². The van der Waals surface area contributed by atoms with Crippen LogP contribution in [0.1, 0.15) is 110 Å². The Morgan fingerprint density at radius 3 is 1.61 bits per heavy atom. The highest BCUT2D eigenvalue weighted by Crippen LogP contribution is 2.25. The number of carboxylic acids is 1. The summed E-state index contributed by atoms with van der Waals surface area (Å²) in [5.41, 5.74) is 0.658. The monoisotopic (exact) mass is 572 g/mol. The van der Waals surface area contributed by atoms with Crippen LogP contribution >= 0.6 is 0 Å². The van der Waals surface area contributed by atoms with Crippen molar-refractivity contribution in [2.75, 3.05) is 17.2 Å². The topological polar surface area (TPSA) is 131 Å². The van der Waals surface area contributed by atoms with Gasteiger partial charge in [0.05, 0.1) is 12.9 Å². The summed E-state index contributed by atoms with van der Waals surface area (Å²) in [7, 11) is 0. The Balaban J connectivity index is 2.34. The van der Waals surface area contributed by atoms with Crippen LogP contribution in [-0.4, -0.2) is 36.0 Å². The van der Waals surface area contributed by atoms with Crippen LogP contribution in [0.4, 0.5) is 11.4 Å². The van der Waals surface area contributed by atoms with Crippen LogP contribution in [0.15, 0.2) is 42.7 Å².